The molecule has 6 amide bonds. The SMILES string of the molecule is Cc1nc(C)c(C(=O)N[C@H]2C[C@H]3C(=O)N[C@@H](C)C(=O)N[C@H]4CCC[C@@H]4C(=O)N[C@H](C(C)C)C(=O)N[C@H]([C@@H](C)O)C(=O)N3C2)s1. The van der Waals surface area contributed by atoms with Gasteiger partial charge in [-0.15, -0.1) is 11.3 Å². The van der Waals surface area contributed by atoms with Gasteiger partial charge >= 0.3 is 0 Å². The molecular weight excluding hydrogens is 590 g/mol. The summed E-state index contributed by atoms with van der Waals surface area (Å²) in [4.78, 5) is 86.4. The Morgan fingerprint density at radius 1 is 0.955 bits per heavy atom. The van der Waals surface area contributed by atoms with Crippen molar-refractivity contribution in [2.45, 2.75) is 110 Å². The van der Waals surface area contributed by atoms with Crippen LogP contribution in [0.1, 0.15) is 73.8 Å². The number of amides is 6. The number of rotatable bonds is 4. The fourth-order valence-electron chi connectivity index (χ4n) is 6.16. The summed E-state index contributed by atoms with van der Waals surface area (Å²) in [5, 5.41) is 25.2. The summed E-state index contributed by atoms with van der Waals surface area (Å²) < 4.78 is 0. The molecule has 0 aromatic carbocycles. The second-order valence-electron chi connectivity index (χ2n) is 12.4. The molecule has 15 heteroatoms. The van der Waals surface area contributed by atoms with Crippen LogP contribution in [0.25, 0.3) is 0 Å². The summed E-state index contributed by atoms with van der Waals surface area (Å²) in [5.41, 5.74) is 0.565. The quantitative estimate of drug-likeness (QED) is 0.249. The van der Waals surface area contributed by atoms with Crippen LogP contribution in [0, 0.1) is 25.7 Å². The van der Waals surface area contributed by atoms with Gasteiger partial charge in [0.05, 0.1) is 22.7 Å². The number of hydrogen-bond acceptors (Lipinski definition) is 9. The van der Waals surface area contributed by atoms with E-state index in [0.29, 0.717) is 29.8 Å². The highest BCUT2D eigenvalue weighted by molar-refractivity contribution is 7.13. The Morgan fingerprint density at radius 2 is 1.64 bits per heavy atom. The highest BCUT2D eigenvalue weighted by Crippen LogP contribution is 2.27. The van der Waals surface area contributed by atoms with Crippen LogP contribution in [0.3, 0.4) is 0 Å². The molecule has 0 spiro atoms. The van der Waals surface area contributed by atoms with E-state index in [9.17, 15) is 33.9 Å². The normalized spacial score (nSPS) is 31.0. The number of thiazole rings is 1. The third-order valence-corrected chi connectivity index (χ3v) is 9.63. The monoisotopic (exact) mass is 633 g/mol. The molecule has 44 heavy (non-hydrogen) atoms. The second-order valence-corrected chi connectivity index (χ2v) is 13.6. The van der Waals surface area contributed by atoms with Crippen LogP contribution < -0.4 is 26.6 Å². The van der Waals surface area contributed by atoms with Gasteiger partial charge in [0, 0.05) is 18.6 Å². The van der Waals surface area contributed by atoms with Crippen LogP contribution in [-0.2, 0) is 24.0 Å². The van der Waals surface area contributed by atoms with Crippen LogP contribution in [0.4, 0.5) is 0 Å². The van der Waals surface area contributed by atoms with Gasteiger partial charge in [-0.25, -0.2) is 4.98 Å². The fraction of sp³-hybridized carbons (Fsp3) is 0.690. The van der Waals surface area contributed by atoms with Gasteiger partial charge in [-0.3, -0.25) is 28.8 Å². The average Bonchev–Trinajstić information content (AvgIpc) is 3.67. The molecule has 0 radical (unpaired) electrons. The maximum Gasteiger partial charge on any atom is 0.263 e. The van der Waals surface area contributed by atoms with E-state index in [1.807, 2.05) is 0 Å². The Labute approximate surface area is 260 Å². The van der Waals surface area contributed by atoms with Gasteiger partial charge in [-0.05, 0) is 52.9 Å². The summed E-state index contributed by atoms with van der Waals surface area (Å²) in [7, 11) is 0. The number of fused-ring (bicyclic) bond motifs is 2. The zero-order valence-electron chi connectivity index (χ0n) is 25.9. The molecule has 0 bridgehead atoms. The van der Waals surface area contributed by atoms with Gasteiger partial charge < -0.3 is 36.6 Å². The van der Waals surface area contributed by atoms with Crippen molar-refractivity contribution in [1.82, 2.24) is 36.5 Å². The van der Waals surface area contributed by atoms with Crippen molar-refractivity contribution < 1.29 is 33.9 Å². The number of aliphatic hydroxyl groups excluding tert-OH is 1. The maximum atomic E-state index is 13.9. The molecule has 3 fully saturated rings. The van der Waals surface area contributed by atoms with Crippen molar-refractivity contribution in [2.75, 3.05) is 6.54 Å². The minimum atomic E-state index is -1.44. The van der Waals surface area contributed by atoms with Crippen LogP contribution in [0.2, 0.25) is 0 Å². The molecule has 3 heterocycles. The minimum absolute atomic E-state index is 0.0460. The van der Waals surface area contributed by atoms with Crippen molar-refractivity contribution in [3.05, 3.63) is 15.6 Å². The fourth-order valence-corrected chi connectivity index (χ4v) is 6.98. The Bertz CT molecular complexity index is 1310. The van der Waals surface area contributed by atoms with E-state index < -0.39 is 77.8 Å². The van der Waals surface area contributed by atoms with Crippen LogP contribution >= 0.6 is 11.3 Å². The topological polar surface area (TPSA) is 199 Å². The van der Waals surface area contributed by atoms with E-state index in [2.05, 4.69) is 31.6 Å². The van der Waals surface area contributed by atoms with Gasteiger partial charge in [0.2, 0.25) is 29.5 Å². The molecule has 0 unspecified atom stereocenters. The Balaban J connectivity index is 1.66. The summed E-state index contributed by atoms with van der Waals surface area (Å²) >= 11 is 1.23. The summed E-state index contributed by atoms with van der Waals surface area (Å²) in [6, 6.07) is -5.65. The van der Waals surface area contributed by atoms with E-state index in [0.717, 1.165) is 5.01 Å². The number of aryl methyl sites for hydroxylation is 2. The number of aliphatic hydroxyl groups is 1. The van der Waals surface area contributed by atoms with Gasteiger partial charge in [-0.2, -0.15) is 0 Å². The molecule has 242 valence electrons. The van der Waals surface area contributed by atoms with Gasteiger partial charge in [0.1, 0.15) is 29.0 Å². The Morgan fingerprint density at radius 3 is 2.25 bits per heavy atom. The van der Waals surface area contributed by atoms with Crippen molar-refractivity contribution in [2.24, 2.45) is 11.8 Å². The molecule has 1 saturated carbocycles. The van der Waals surface area contributed by atoms with E-state index in [1.54, 1.807) is 27.7 Å². The Hall–Kier alpha value is -3.59. The summed E-state index contributed by atoms with van der Waals surface area (Å²) in [5.74, 6) is -4.20. The first kappa shape index (κ1) is 33.3. The largest absolute Gasteiger partial charge is 0.391 e. The first-order chi connectivity index (χ1) is 20.7. The van der Waals surface area contributed by atoms with E-state index >= 15 is 0 Å². The number of aromatic nitrogens is 1. The average molecular weight is 634 g/mol. The lowest BCUT2D eigenvalue weighted by Crippen LogP contribution is -2.62. The molecule has 1 aliphatic carbocycles. The maximum absolute atomic E-state index is 13.9. The third kappa shape index (κ3) is 7.20. The van der Waals surface area contributed by atoms with Crippen molar-refractivity contribution >= 4 is 46.8 Å². The lowest BCUT2D eigenvalue weighted by atomic mass is 9.98. The van der Waals surface area contributed by atoms with Gasteiger partial charge in [0.15, 0.2) is 0 Å². The first-order valence-corrected chi connectivity index (χ1v) is 15.9. The molecule has 4 rings (SSSR count). The molecule has 6 N–H and O–H groups in total. The van der Waals surface area contributed by atoms with Crippen molar-refractivity contribution in [3.8, 4) is 0 Å². The van der Waals surface area contributed by atoms with Crippen molar-refractivity contribution in [1.29, 1.82) is 0 Å². The molecule has 1 aromatic heterocycles. The summed E-state index contributed by atoms with van der Waals surface area (Å²) in [6.45, 7) is 9.79. The smallest absolute Gasteiger partial charge is 0.263 e. The van der Waals surface area contributed by atoms with Crippen LogP contribution in [0.15, 0.2) is 0 Å². The molecule has 14 nitrogen and oxygen atoms in total. The van der Waals surface area contributed by atoms with Crippen LogP contribution in [0.5, 0.6) is 0 Å². The highest BCUT2D eigenvalue weighted by Gasteiger charge is 2.45. The second kappa shape index (κ2) is 13.6. The molecule has 1 aromatic rings. The zero-order valence-corrected chi connectivity index (χ0v) is 26.7. The predicted octanol–water partition coefficient (Wildman–Crippen LogP) is -0.731. The lowest BCUT2D eigenvalue weighted by molar-refractivity contribution is -0.145. The molecular formula is C29H43N7O7S. The number of hydrogen-bond donors (Lipinski definition) is 6. The van der Waals surface area contributed by atoms with E-state index in [1.165, 1.54) is 30.1 Å². The molecule has 2 aliphatic heterocycles. The van der Waals surface area contributed by atoms with E-state index in [-0.39, 0.29) is 24.8 Å². The number of carbonyl (C=O) groups excluding carboxylic acids is 6. The molecule has 3 aliphatic rings. The highest BCUT2D eigenvalue weighted by atomic mass is 32.1. The van der Waals surface area contributed by atoms with Gasteiger partial charge in [-0.1, -0.05) is 20.3 Å². The van der Waals surface area contributed by atoms with Crippen LogP contribution in [-0.4, -0.2) is 99.3 Å². The molecule has 2 saturated heterocycles. The lowest BCUT2D eigenvalue weighted by Gasteiger charge is -2.33. The summed E-state index contributed by atoms with van der Waals surface area (Å²) in [6.07, 6.45) is 0.482. The van der Waals surface area contributed by atoms with Gasteiger partial charge in [0.25, 0.3) is 5.91 Å². The number of nitrogens with one attached hydrogen (secondary N) is 5. The van der Waals surface area contributed by atoms with E-state index in [4.69, 9.17) is 0 Å². The number of nitrogens with zero attached hydrogens (tertiary/aromatic N) is 2. The van der Waals surface area contributed by atoms with Crippen molar-refractivity contribution in [3.63, 3.8) is 0 Å². The third-order valence-electron chi connectivity index (χ3n) is 8.56. The Kier molecular flexibility index (Phi) is 10.3. The standard InChI is InChI=1S/C29H43N7O7S/c1-12(2)21-27(41)35-22(15(5)37)29(43)36-11-17(32-28(42)23-13(3)30-16(6)44-23)10-20(36)26(40)31-14(4)24(38)33-19-9-7-8-18(19)25(39)34-21/h12,14-15,17-22,37H,7-11H2,1-6H3,(H,31,40)(H,32,42)(H,33,38)(H,34,39)(H,35,41)/t14-,15+,17-,18-,19-,20-,21+,22+/m0/s1. The first-order valence-electron chi connectivity index (χ1n) is 15.1. The minimum Gasteiger partial charge on any atom is -0.391 e. The number of carbonyl (C=O) groups is 6. The predicted molar refractivity (Wildman–Crippen MR) is 160 cm³/mol. The zero-order chi connectivity index (χ0) is 32.5. The molecule has 8 atom stereocenters.